The lowest BCUT2D eigenvalue weighted by molar-refractivity contribution is -0.233. The first-order chi connectivity index (χ1) is 12.2. The summed E-state index contributed by atoms with van der Waals surface area (Å²) in [5, 5.41) is 11.5. The van der Waals surface area contributed by atoms with E-state index in [-0.39, 0.29) is 18.7 Å². The number of aliphatic imine (C=N–C) groups is 1. The second-order valence-corrected chi connectivity index (χ2v) is 8.68. The van der Waals surface area contributed by atoms with E-state index >= 15 is 0 Å². The van der Waals surface area contributed by atoms with Crippen molar-refractivity contribution in [2.75, 3.05) is 13.2 Å². The van der Waals surface area contributed by atoms with E-state index in [1.165, 1.54) is 12.5 Å². The van der Waals surface area contributed by atoms with E-state index in [1.54, 1.807) is 6.92 Å². The van der Waals surface area contributed by atoms with Crippen LogP contribution < -0.4 is 0 Å². The summed E-state index contributed by atoms with van der Waals surface area (Å²) in [5.41, 5.74) is -2.04. The van der Waals surface area contributed by atoms with Gasteiger partial charge in [0, 0.05) is 19.3 Å². The molecule has 0 aromatic carbocycles. The molecule has 3 aliphatic heterocycles. The molecule has 1 spiro atoms. The highest BCUT2D eigenvalue weighted by Crippen LogP contribution is 2.75. The van der Waals surface area contributed by atoms with E-state index in [4.69, 9.17) is 18.9 Å². The molecule has 7 nitrogen and oxygen atoms in total. The van der Waals surface area contributed by atoms with Gasteiger partial charge in [-0.3, -0.25) is 4.79 Å². The lowest BCUT2D eigenvalue weighted by Gasteiger charge is -2.57. The number of allylic oxidation sites excluding steroid dienone is 1. The molecule has 7 unspecified atom stereocenters. The van der Waals surface area contributed by atoms with Crippen LogP contribution in [0.25, 0.3) is 0 Å². The van der Waals surface area contributed by atoms with Gasteiger partial charge in [0.25, 0.3) is 0 Å². The average molecular weight is 363 g/mol. The fraction of sp³-hybridized carbons (Fsp3) is 0.789. The molecule has 3 heterocycles. The van der Waals surface area contributed by atoms with E-state index in [9.17, 15) is 9.90 Å². The van der Waals surface area contributed by atoms with Crippen LogP contribution in [0.5, 0.6) is 0 Å². The maximum atomic E-state index is 11.6. The van der Waals surface area contributed by atoms with Gasteiger partial charge in [0.05, 0.1) is 18.1 Å². The lowest BCUT2D eigenvalue weighted by atomic mass is 9.51. The molecule has 2 bridgehead atoms. The standard InChI is InChI=1S/C19H25NO6/c1-10-5-6-17(8-23-12(3)21)13(7-10)26-15-18(9-24-18)16(17,4)14-19(15,22)20-11(2)25-14/h7,13-15,22H,5-6,8-9H2,1-4H3. The van der Waals surface area contributed by atoms with E-state index in [2.05, 4.69) is 24.9 Å². The van der Waals surface area contributed by atoms with Crippen LogP contribution in [0.1, 0.15) is 40.5 Å². The Morgan fingerprint density at radius 2 is 2.15 bits per heavy atom. The Labute approximate surface area is 152 Å². The minimum Gasteiger partial charge on any atom is -0.472 e. The first-order valence-corrected chi connectivity index (χ1v) is 9.25. The van der Waals surface area contributed by atoms with Crippen LogP contribution in [0.3, 0.4) is 0 Å². The van der Waals surface area contributed by atoms with Gasteiger partial charge in [-0.05, 0) is 19.8 Å². The summed E-state index contributed by atoms with van der Waals surface area (Å²) < 4.78 is 24.1. The Morgan fingerprint density at radius 1 is 1.42 bits per heavy atom. The topological polar surface area (TPSA) is 89.9 Å². The zero-order valence-corrected chi connectivity index (χ0v) is 15.6. The number of hydrogen-bond acceptors (Lipinski definition) is 7. The molecule has 7 atom stereocenters. The number of aliphatic hydroxyl groups is 1. The van der Waals surface area contributed by atoms with Gasteiger partial charge in [0.15, 0.2) is 12.0 Å². The highest BCUT2D eigenvalue weighted by molar-refractivity contribution is 5.76. The summed E-state index contributed by atoms with van der Waals surface area (Å²) in [5.74, 6) is 0.130. The Kier molecular flexibility index (Phi) is 3.02. The van der Waals surface area contributed by atoms with Crippen molar-refractivity contribution < 1.29 is 28.8 Å². The summed E-state index contributed by atoms with van der Waals surface area (Å²) in [6.45, 7) is 8.03. The van der Waals surface area contributed by atoms with Crippen LogP contribution in [0.15, 0.2) is 16.6 Å². The predicted molar refractivity (Wildman–Crippen MR) is 90.4 cm³/mol. The van der Waals surface area contributed by atoms with Crippen molar-refractivity contribution >= 4 is 11.9 Å². The summed E-state index contributed by atoms with van der Waals surface area (Å²) in [6.07, 6.45) is 2.29. The van der Waals surface area contributed by atoms with Crippen molar-refractivity contribution in [3.63, 3.8) is 0 Å². The number of carbonyl (C=O) groups excluding carboxylic acids is 1. The number of ether oxygens (including phenoxy) is 4. The largest absolute Gasteiger partial charge is 0.472 e. The number of epoxide rings is 1. The van der Waals surface area contributed by atoms with E-state index in [0.29, 0.717) is 12.5 Å². The molecule has 3 fully saturated rings. The quantitative estimate of drug-likeness (QED) is 0.452. The number of esters is 1. The third kappa shape index (κ3) is 1.62. The maximum Gasteiger partial charge on any atom is 0.302 e. The number of hydrogen-bond donors (Lipinski definition) is 1. The summed E-state index contributed by atoms with van der Waals surface area (Å²) in [4.78, 5) is 16.1. The Morgan fingerprint density at radius 3 is 2.81 bits per heavy atom. The summed E-state index contributed by atoms with van der Waals surface area (Å²) in [7, 11) is 0. The predicted octanol–water partition coefficient (Wildman–Crippen LogP) is 1.34. The van der Waals surface area contributed by atoms with Gasteiger partial charge in [0.1, 0.15) is 18.3 Å². The minimum atomic E-state index is -1.47. The summed E-state index contributed by atoms with van der Waals surface area (Å²) in [6, 6.07) is 0. The van der Waals surface area contributed by atoms with Crippen molar-refractivity contribution in [1.82, 2.24) is 0 Å². The Bertz CT molecular complexity index is 757. The first-order valence-electron chi connectivity index (χ1n) is 9.25. The second kappa shape index (κ2) is 4.69. The molecular formula is C19H25NO6. The number of nitrogens with zero attached hydrogens (tertiary/aromatic N) is 1. The average Bonchev–Trinajstić information content (AvgIpc) is 3.28. The Hall–Kier alpha value is -1.44. The fourth-order valence-electron chi connectivity index (χ4n) is 6.06. The van der Waals surface area contributed by atoms with Crippen molar-refractivity contribution in [2.24, 2.45) is 15.8 Å². The van der Waals surface area contributed by atoms with Gasteiger partial charge >= 0.3 is 5.97 Å². The van der Waals surface area contributed by atoms with Crippen LogP contribution in [0, 0.1) is 10.8 Å². The van der Waals surface area contributed by atoms with E-state index in [0.717, 1.165) is 12.8 Å². The molecule has 142 valence electrons. The third-order valence-corrected chi connectivity index (χ3v) is 7.48. The zero-order valence-electron chi connectivity index (χ0n) is 15.6. The normalized spacial score (nSPS) is 53.3. The summed E-state index contributed by atoms with van der Waals surface area (Å²) >= 11 is 0. The smallest absolute Gasteiger partial charge is 0.302 e. The van der Waals surface area contributed by atoms with Crippen LogP contribution >= 0.6 is 0 Å². The highest BCUT2D eigenvalue weighted by Gasteiger charge is 2.90. The van der Waals surface area contributed by atoms with Gasteiger partial charge in [-0.1, -0.05) is 18.6 Å². The molecule has 0 amide bonds. The van der Waals surface area contributed by atoms with Crippen molar-refractivity contribution in [2.45, 2.75) is 70.2 Å². The SMILES string of the molecule is CC(=O)OCC12CCC(C)=CC1OC1C3(O)N=C(C)OC3C2(C)C12CO2. The van der Waals surface area contributed by atoms with Gasteiger partial charge in [-0.2, -0.15) is 0 Å². The van der Waals surface area contributed by atoms with Gasteiger partial charge in [-0.25, -0.2) is 4.99 Å². The number of carbonyl (C=O) groups is 1. The molecule has 0 radical (unpaired) electrons. The Balaban J connectivity index is 1.70. The zero-order chi connectivity index (χ0) is 18.5. The molecule has 7 heteroatoms. The lowest BCUT2D eigenvalue weighted by Crippen LogP contribution is -2.66. The van der Waals surface area contributed by atoms with Crippen LogP contribution in [-0.4, -0.2) is 59.8 Å². The van der Waals surface area contributed by atoms with Crippen molar-refractivity contribution in [1.29, 1.82) is 0 Å². The first kappa shape index (κ1) is 16.7. The van der Waals surface area contributed by atoms with Gasteiger partial charge < -0.3 is 24.1 Å². The molecule has 5 rings (SSSR count). The maximum absolute atomic E-state index is 11.6. The molecule has 0 aromatic heterocycles. The molecule has 5 aliphatic rings. The molecular weight excluding hydrogens is 338 g/mol. The molecule has 2 saturated heterocycles. The molecule has 0 aromatic rings. The molecule has 1 N–H and O–H groups in total. The molecule has 2 aliphatic carbocycles. The monoisotopic (exact) mass is 363 g/mol. The number of fused-ring (bicyclic) bond motifs is 5. The fourth-order valence-corrected chi connectivity index (χ4v) is 6.06. The van der Waals surface area contributed by atoms with E-state index in [1.807, 2.05) is 0 Å². The number of rotatable bonds is 2. The van der Waals surface area contributed by atoms with E-state index < -0.39 is 34.4 Å². The minimum absolute atomic E-state index is 0.208. The van der Waals surface area contributed by atoms with Crippen LogP contribution in [0.2, 0.25) is 0 Å². The third-order valence-electron chi connectivity index (χ3n) is 7.48. The molecule has 26 heavy (non-hydrogen) atoms. The second-order valence-electron chi connectivity index (χ2n) is 8.68. The van der Waals surface area contributed by atoms with Crippen molar-refractivity contribution in [3.05, 3.63) is 11.6 Å². The molecule has 1 saturated carbocycles. The highest BCUT2D eigenvalue weighted by atomic mass is 16.7. The van der Waals surface area contributed by atoms with Gasteiger partial charge in [0.2, 0.25) is 5.72 Å². The van der Waals surface area contributed by atoms with Crippen molar-refractivity contribution in [3.8, 4) is 0 Å². The van der Waals surface area contributed by atoms with Crippen LogP contribution in [0.4, 0.5) is 0 Å². The van der Waals surface area contributed by atoms with Gasteiger partial charge in [-0.15, -0.1) is 0 Å². The van der Waals surface area contributed by atoms with Crippen LogP contribution in [-0.2, 0) is 23.7 Å².